The maximum Gasteiger partial charge on any atom is 0.161 e. The van der Waals surface area contributed by atoms with E-state index in [2.05, 4.69) is 19.2 Å². The first kappa shape index (κ1) is 13.2. The molecule has 3 N–H and O–H groups in total. The number of hydrogen-bond acceptors (Lipinski definition) is 3. The number of aromatic hydroxyl groups is 2. The van der Waals surface area contributed by atoms with Crippen molar-refractivity contribution in [1.82, 2.24) is 5.32 Å². The van der Waals surface area contributed by atoms with Crippen LogP contribution in [0.3, 0.4) is 0 Å². The van der Waals surface area contributed by atoms with Gasteiger partial charge in [-0.15, -0.1) is 0 Å². The van der Waals surface area contributed by atoms with Crippen LogP contribution in [0.5, 0.6) is 11.5 Å². The minimum Gasteiger partial charge on any atom is -0.504 e. The quantitative estimate of drug-likeness (QED) is 0.721. The fourth-order valence-electron chi connectivity index (χ4n) is 2.85. The molecule has 1 aromatic carbocycles. The number of benzene rings is 1. The molecule has 1 unspecified atom stereocenters. The van der Waals surface area contributed by atoms with E-state index < -0.39 is 0 Å². The van der Waals surface area contributed by atoms with Crippen LogP contribution in [0.1, 0.15) is 45.1 Å². The van der Waals surface area contributed by atoms with Gasteiger partial charge in [-0.1, -0.05) is 32.4 Å². The van der Waals surface area contributed by atoms with Crippen molar-refractivity contribution in [3.63, 3.8) is 0 Å². The Morgan fingerprint density at radius 3 is 2.83 bits per heavy atom. The predicted molar refractivity (Wildman–Crippen MR) is 72.6 cm³/mol. The van der Waals surface area contributed by atoms with Crippen LogP contribution in [-0.2, 0) is 6.54 Å². The van der Waals surface area contributed by atoms with Crippen molar-refractivity contribution in [3.05, 3.63) is 23.8 Å². The van der Waals surface area contributed by atoms with E-state index in [-0.39, 0.29) is 11.5 Å². The molecule has 1 fully saturated rings. The molecular formula is C15H23NO2. The average Bonchev–Trinajstić information content (AvgIpc) is 2.30. The maximum absolute atomic E-state index is 9.74. The molecule has 0 spiro atoms. The van der Waals surface area contributed by atoms with Gasteiger partial charge in [0.2, 0.25) is 0 Å². The Morgan fingerprint density at radius 1 is 1.33 bits per heavy atom. The van der Waals surface area contributed by atoms with Gasteiger partial charge in [-0.25, -0.2) is 0 Å². The molecule has 0 radical (unpaired) electrons. The van der Waals surface area contributed by atoms with Gasteiger partial charge in [0.25, 0.3) is 0 Å². The van der Waals surface area contributed by atoms with Crippen LogP contribution in [0, 0.1) is 5.41 Å². The highest BCUT2D eigenvalue weighted by Gasteiger charge is 2.27. The van der Waals surface area contributed by atoms with Gasteiger partial charge in [-0.3, -0.25) is 0 Å². The number of rotatable bonds is 3. The minimum atomic E-state index is -0.0433. The Morgan fingerprint density at radius 2 is 2.11 bits per heavy atom. The second-order valence-electron chi connectivity index (χ2n) is 6.12. The van der Waals surface area contributed by atoms with Crippen molar-refractivity contribution in [2.24, 2.45) is 5.41 Å². The van der Waals surface area contributed by atoms with Gasteiger partial charge in [0.05, 0.1) is 0 Å². The van der Waals surface area contributed by atoms with Crippen LogP contribution in [0.4, 0.5) is 0 Å². The van der Waals surface area contributed by atoms with Crippen molar-refractivity contribution in [3.8, 4) is 11.5 Å². The van der Waals surface area contributed by atoms with Crippen LogP contribution in [0.2, 0.25) is 0 Å². The number of para-hydroxylation sites is 1. The standard InChI is InChI=1S/C15H23NO2/c1-15(2)8-4-6-12(9-15)16-10-11-5-3-7-13(17)14(11)18/h3,5,7,12,16-18H,4,6,8-10H2,1-2H3. The van der Waals surface area contributed by atoms with Crippen molar-refractivity contribution >= 4 is 0 Å². The van der Waals surface area contributed by atoms with Crippen molar-refractivity contribution in [2.45, 2.75) is 52.1 Å². The third-order valence-electron chi connectivity index (χ3n) is 3.88. The Hall–Kier alpha value is -1.22. The molecule has 0 amide bonds. The van der Waals surface area contributed by atoms with Gasteiger partial charge in [-0.2, -0.15) is 0 Å². The molecule has 0 aliphatic heterocycles. The molecule has 18 heavy (non-hydrogen) atoms. The van der Waals surface area contributed by atoms with Crippen molar-refractivity contribution < 1.29 is 10.2 Å². The lowest BCUT2D eigenvalue weighted by Gasteiger charge is -2.35. The highest BCUT2D eigenvalue weighted by Crippen LogP contribution is 2.35. The molecule has 0 bridgehead atoms. The zero-order valence-corrected chi connectivity index (χ0v) is 11.2. The molecule has 3 nitrogen and oxygen atoms in total. The smallest absolute Gasteiger partial charge is 0.161 e. The van der Waals surface area contributed by atoms with E-state index in [0.29, 0.717) is 18.0 Å². The summed E-state index contributed by atoms with van der Waals surface area (Å²) in [4.78, 5) is 0. The Balaban J connectivity index is 1.93. The topological polar surface area (TPSA) is 52.5 Å². The third kappa shape index (κ3) is 3.16. The van der Waals surface area contributed by atoms with E-state index in [1.165, 1.54) is 31.7 Å². The van der Waals surface area contributed by atoms with Gasteiger partial charge in [-0.05, 0) is 30.7 Å². The third-order valence-corrected chi connectivity index (χ3v) is 3.88. The SMILES string of the molecule is CC1(C)CCCC(NCc2cccc(O)c2O)C1. The fraction of sp³-hybridized carbons (Fsp3) is 0.600. The summed E-state index contributed by atoms with van der Waals surface area (Å²) in [6.45, 7) is 5.24. The highest BCUT2D eigenvalue weighted by atomic mass is 16.3. The normalized spacial score (nSPS) is 22.9. The molecule has 1 aliphatic rings. The van der Waals surface area contributed by atoms with Gasteiger partial charge in [0.15, 0.2) is 11.5 Å². The zero-order valence-electron chi connectivity index (χ0n) is 11.2. The molecule has 0 aromatic heterocycles. The molecular weight excluding hydrogens is 226 g/mol. The number of hydrogen-bond donors (Lipinski definition) is 3. The molecule has 100 valence electrons. The van der Waals surface area contributed by atoms with E-state index in [1.54, 1.807) is 6.07 Å². The van der Waals surface area contributed by atoms with E-state index in [1.807, 2.05) is 6.07 Å². The molecule has 1 saturated carbocycles. The zero-order chi connectivity index (χ0) is 13.2. The van der Waals surface area contributed by atoms with Gasteiger partial charge < -0.3 is 15.5 Å². The summed E-state index contributed by atoms with van der Waals surface area (Å²) < 4.78 is 0. The van der Waals surface area contributed by atoms with Crippen LogP contribution < -0.4 is 5.32 Å². The molecule has 1 atom stereocenters. The van der Waals surface area contributed by atoms with E-state index in [4.69, 9.17) is 0 Å². The van der Waals surface area contributed by atoms with E-state index >= 15 is 0 Å². The van der Waals surface area contributed by atoms with Gasteiger partial charge in [0, 0.05) is 18.2 Å². The monoisotopic (exact) mass is 249 g/mol. The van der Waals surface area contributed by atoms with Crippen LogP contribution in [0.15, 0.2) is 18.2 Å². The molecule has 1 aromatic rings. The van der Waals surface area contributed by atoms with Gasteiger partial charge in [0.1, 0.15) is 0 Å². The highest BCUT2D eigenvalue weighted by molar-refractivity contribution is 5.44. The summed E-state index contributed by atoms with van der Waals surface area (Å²) in [5.41, 5.74) is 1.18. The Bertz CT molecular complexity index is 415. The number of phenolic OH excluding ortho intramolecular Hbond substituents is 2. The van der Waals surface area contributed by atoms with E-state index in [9.17, 15) is 10.2 Å². The summed E-state index contributed by atoms with van der Waals surface area (Å²) in [6, 6.07) is 5.62. The molecule has 3 heteroatoms. The Kier molecular flexibility index (Phi) is 3.81. The molecule has 1 aliphatic carbocycles. The largest absolute Gasteiger partial charge is 0.504 e. The molecule has 0 saturated heterocycles. The first-order valence-corrected chi connectivity index (χ1v) is 6.71. The summed E-state index contributed by atoms with van der Waals surface area (Å²) in [7, 11) is 0. The number of nitrogens with one attached hydrogen (secondary N) is 1. The van der Waals surface area contributed by atoms with E-state index in [0.717, 1.165) is 5.56 Å². The summed E-state index contributed by atoms with van der Waals surface area (Å²) in [5.74, 6) is -0.0432. The lowest BCUT2D eigenvalue weighted by molar-refractivity contribution is 0.197. The van der Waals surface area contributed by atoms with Crippen molar-refractivity contribution in [2.75, 3.05) is 0 Å². The molecule has 2 rings (SSSR count). The van der Waals surface area contributed by atoms with Crippen LogP contribution in [0.25, 0.3) is 0 Å². The first-order valence-electron chi connectivity index (χ1n) is 6.71. The lowest BCUT2D eigenvalue weighted by atomic mass is 9.75. The lowest BCUT2D eigenvalue weighted by Crippen LogP contribution is -2.36. The summed E-state index contributed by atoms with van der Waals surface area (Å²) in [5, 5.41) is 22.7. The van der Waals surface area contributed by atoms with Crippen molar-refractivity contribution in [1.29, 1.82) is 0 Å². The average molecular weight is 249 g/mol. The minimum absolute atomic E-state index is 0.0000645. The summed E-state index contributed by atoms with van der Waals surface area (Å²) in [6.07, 6.45) is 4.93. The second-order valence-corrected chi connectivity index (χ2v) is 6.12. The Labute approximate surface area is 109 Å². The second kappa shape index (κ2) is 5.19. The number of phenols is 2. The predicted octanol–water partition coefficient (Wildman–Crippen LogP) is 3.16. The molecule has 0 heterocycles. The fourth-order valence-corrected chi connectivity index (χ4v) is 2.85. The van der Waals surface area contributed by atoms with Crippen LogP contribution in [-0.4, -0.2) is 16.3 Å². The first-order chi connectivity index (χ1) is 8.48. The maximum atomic E-state index is 9.74. The van der Waals surface area contributed by atoms with Crippen LogP contribution >= 0.6 is 0 Å². The van der Waals surface area contributed by atoms with Gasteiger partial charge >= 0.3 is 0 Å². The summed E-state index contributed by atoms with van der Waals surface area (Å²) >= 11 is 0.